The third-order valence-electron chi connectivity index (χ3n) is 3.14. The Hall–Kier alpha value is -2.18. The number of benzene rings is 1. The summed E-state index contributed by atoms with van der Waals surface area (Å²) in [6, 6.07) is 5.34. The fourth-order valence-electron chi connectivity index (χ4n) is 2.15. The Balaban J connectivity index is 2.30. The van der Waals surface area contributed by atoms with Crippen molar-refractivity contribution in [3.8, 4) is 11.3 Å². The molecule has 0 saturated carbocycles. The summed E-state index contributed by atoms with van der Waals surface area (Å²) in [7, 11) is 1.79. The van der Waals surface area contributed by atoms with Crippen LogP contribution in [0, 0.1) is 0 Å². The van der Waals surface area contributed by atoms with Gasteiger partial charge in [-0.1, -0.05) is 17.7 Å². The number of nitrogen functional groups attached to an aromatic ring is 1. The minimum absolute atomic E-state index is 0.135. The van der Waals surface area contributed by atoms with E-state index in [1.165, 1.54) is 6.33 Å². The number of hydrogen-bond donors (Lipinski definition) is 2. The lowest BCUT2D eigenvalue weighted by Crippen LogP contribution is -1.95. The van der Waals surface area contributed by atoms with Crippen molar-refractivity contribution in [3.05, 3.63) is 35.1 Å². The molecule has 0 amide bonds. The summed E-state index contributed by atoms with van der Waals surface area (Å²) in [5.41, 5.74) is 8.71. The molecule has 3 rings (SSSR count). The number of hydrogen-bond acceptors (Lipinski definition) is 5. The maximum atomic E-state index is 9.30. The van der Waals surface area contributed by atoms with Crippen LogP contribution in [0.2, 0.25) is 5.02 Å². The van der Waals surface area contributed by atoms with Gasteiger partial charge in [-0.25, -0.2) is 14.6 Å². The van der Waals surface area contributed by atoms with Gasteiger partial charge < -0.3 is 10.8 Å². The molecule has 0 bridgehead atoms. The maximum absolute atomic E-state index is 9.30. The largest absolute Gasteiger partial charge is 0.392 e. The van der Waals surface area contributed by atoms with Gasteiger partial charge >= 0.3 is 0 Å². The summed E-state index contributed by atoms with van der Waals surface area (Å²) >= 11 is 6.00. The Bertz CT molecular complexity index is 799. The van der Waals surface area contributed by atoms with Crippen LogP contribution in [0.15, 0.2) is 24.5 Å². The van der Waals surface area contributed by atoms with E-state index in [1.54, 1.807) is 23.9 Å². The first-order valence-electron chi connectivity index (χ1n) is 5.94. The van der Waals surface area contributed by atoms with Crippen molar-refractivity contribution in [2.24, 2.45) is 7.05 Å². The Kier molecular flexibility index (Phi) is 3.04. The lowest BCUT2D eigenvalue weighted by molar-refractivity contribution is 0.282. The second kappa shape index (κ2) is 4.73. The normalized spacial score (nSPS) is 11.2. The predicted molar refractivity (Wildman–Crippen MR) is 77.1 cm³/mol. The van der Waals surface area contributed by atoms with Crippen molar-refractivity contribution in [2.45, 2.75) is 6.61 Å². The summed E-state index contributed by atoms with van der Waals surface area (Å²) in [4.78, 5) is 8.19. The molecule has 1 aromatic carbocycles. The monoisotopic (exact) mass is 289 g/mol. The summed E-state index contributed by atoms with van der Waals surface area (Å²) in [5, 5.41) is 14.9. The molecule has 0 saturated heterocycles. The highest BCUT2D eigenvalue weighted by Crippen LogP contribution is 2.31. The van der Waals surface area contributed by atoms with Gasteiger partial charge in [0.05, 0.1) is 12.0 Å². The zero-order valence-corrected chi connectivity index (χ0v) is 11.5. The van der Waals surface area contributed by atoms with Crippen LogP contribution in [0.5, 0.6) is 0 Å². The molecule has 20 heavy (non-hydrogen) atoms. The topological polar surface area (TPSA) is 89.8 Å². The zero-order valence-electron chi connectivity index (χ0n) is 10.7. The second-order valence-corrected chi connectivity index (χ2v) is 4.80. The van der Waals surface area contributed by atoms with Gasteiger partial charge in [0.25, 0.3) is 0 Å². The molecule has 102 valence electrons. The molecule has 0 fully saturated rings. The minimum Gasteiger partial charge on any atom is -0.392 e. The van der Waals surface area contributed by atoms with Crippen molar-refractivity contribution in [3.63, 3.8) is 0 Å². The molecule has 7 heteroatoms. The van der Waals surface area contributed by atoms with Crippen LogP contribution < -0.4 is 5.73 Å². The number of nitrogens with two attached hydrogens (primary N) is 1. The van der Waals surface area contributed by atoms with Gasteiger partial charge in [0.1, 0.15) is 17.8 Å². The fourth-order valence-corrected chi connectivity index (χ4v) is 2.33. The molecule has 0 unspecified atom stereocenters. The van der Waals surface area contributed by atoms with E-state index in [1.807, 2.05) is 6.07 Å². The lowest BCUT2D eigenvalue weighted by atomic mass is 10.1. The smallest absolute Gasteiger partial charge is 0.163 e. The Morgan fingerprint density at radius 2 is 2.15 bits per heavy atom. The first-order valence-corrected chi connectivity index (χ1v) is 6.32. The number of aromatic nitrogens is 4. The molecule has 2 aromatic heterocycles. The molecule has 0 aliphatic carbocycles. The van der Waals surface area contributed by atoms with E-state index >= 15 is 0 Å². The standard InChI is InChI=1S/C13H12ClN5O/c1-19-13-10(12(15)16-6-17-13)11(18-19)7-2-3-9(14)8(4-7)5-20/h2-4,6,20H,5H2,1H3,(H2,15,16,17). The number of aliphatic hydroxyl groups is 1. The molecule has 3 N–H and O–H groups in total. The van der Waals surface area contributed by atoms with Gasteiger partial charge in [-0.3, -0.25) is 0 Å². The third-order valence-corrected chi connectivity index (χ3v) is 3.51. The van der Waals surface area contributed by atoms with Crippen molar-refractivity contribution in [2.75, 3.05) is 5.73 Å². The predicted octanol–water partition coefficient (Wildman–Crippen LogP) is 1.76. The Morgan fingerprint density at radius 1 is 1.35 bits per heavy atom. The molecular weight excluding hydrogens is 278 g/mol. The fraction of sp³-hybridized carbons (Fsp3) is 0.154. The second-order valence-electron chi connectivity index (χ2n) is 4.39. The van der Waals surface area contributed by atoms with Crippen LogP contribution in [0.1, 0.15) is 5.56 Å². The average Bonchev–Trinajstić information content (AvgIpc) is 2.78. The molecule has 0 radical (unpaired) electrons. The third kappa shape index (κ3) is 1.90. The van der Waals surface area contributed by atoms with E-state index in [9.17, 15) is 5.11 Å². The lowest BCUT2D eigenvalue weighted by Gasteiger charge is -2.04. The highest BCUT2D eigenvalue weighted by Gasteiger charge is 2.16. The number of rotatable bonds is 2. The van der Waals surface area contributed by atoms with E-state index < -0.39 is 0 Å². The molecule has 2 heterocycles. The number of aryl methyl sites for hydroxylation is 1. The zero-order chi connectivity index (χ0) is 14.3. The van der Waals surface area contributed by atoms with Crippen LogP contribution in [0.3, 0.4) is 0 Å². The summed E-state index contributed by atoms with van der Waals surface area (Å²) in [6.07, 6.45) is 1.41. The molecule has 0 spiro atoms. The molecule has 6 nitrogen and oxygen atoms in total. The molecule has 0 aliphatic heterocycles. The maximum Gasteiger partial charge on any atom is 0.163 e. The Morgan fingerprint density at radius 3 is 2.90 bits per heavy atom. The SMILES string of the molecule is Cn1nc(-c2ccc(Cl)c(CO)c2)c2c(N)ncnc21. The number of aliphatic hydroxyl groups excluding tert-OH is 1. The van der Waals surface area contributed by atoms with Crippen molar-refractivity contribution in [1.29, 1.82) is 0 Å². The van der Waals surface area contributed by atoms with Gasteiger partial charge in [0, 0.05) is 17.6 Å². The average molecular weight is 290 g/mol. The first kappa shape index (κ1) is 12.8. The van der Waals surface area contributed by atoms with Gasteiger partial charge in [0.15, 0.2) is 5.65 Å². The van der Waals surface area contributed by atoms with Gasteiger partial charge in [0.2, 0.25) is 0 Å². The van der Waals surface area contributed by atoms with Crippen LogP contribution in [-0.4, -0.2) is 24.9 Å². The highest BCUT2D eigenvalue weighted by molar-refractivity contribution is 6.31. The summed E-state index contributed by atoms with van der Waals surface area (Å²) in [6.45, 7) is -0.135. The number of fused-ring (bicyclic) bond motifs is 1. The van der Waals surface area contributed by atoms with Crippen molar-refractivity contribution < 1.29 is 5.11 Å². The molecule has 0 atom stereocenters. The van der Waals surface area contributed by atoms with E-state index in [0.717, 1.165) is 5.56 Å². The van der Waals surface area contributed by atoms with E-state index in [-0.39, 0.29) is 6.61 Å². The van der Waals surface area contributed by atoms with Crippen LogP contribution >= 0.6 is 11.6 Å². The van der Waals surface area contributed by atoms with Gasteiger partial charge in [-0.15, -0.1) is 0 Å². The van der Waals surface area contributed by atoms with Crippen molar-refractivity contribution in [1.82, 2.24) is 19.7 Å². The molecule has 0 aliphatic rings. The number of anilines is 1. The van der Waals surface area contributed by atoms with E-state index in [2.05, 4.69) is 15.1 Å². The Labute approximate surface area is 119 Å². The van der Waals surface area contributed by atoms with Crippen LogP contribution in [-0.2, 0) is 13.7 Å². The molecular formula is C13H12ClN5O. The van der Waals surface area contributed by atoms with Gasteiger partial charge in [-0.05, 0) is 17.7 Å². The van der Waals surface area contributed by atoms with Crippen LogP contribution in [0.25, 0.3) is 22.3 Å². The van der Waals surface area contributed by atoms with E-state index in [0.29, 0.717) is 33.1 Å². The number of halogens is 1. The summed E-state index contributed by atoms with van der Waals surface area (Å²) < 4.78 is 1.65. The summed E-state index contributed by atoms with van der Waals surface area (Å²) in [5.74, 6) is 0.374. The molecule has 3 aromatic rings. The van der Waals surface area contributed by atoms with Crippen LogP contribution in [0.4, 0.5) is 5.82 Å². The van der Waals surface area contributed by atoms with E-state index in [4.69, 9.17) is 17.3 Å². The first-order chi connectivity index (χ1) is 9.61. The quantitative estimate of drug-likeness (QED) is 0.750. The van der Waals surface area contributed by atoms with Gasteiger partial charge in [-0.2, -0.15) is 5.10 Å². The minimum atomic E-state index is -0.135. The number of nitrogens with zero attached hydrogens (tertiary/aromatic N) is 4. The highest BCUT2D eigenvalue weighted by atomic mass is 35.5. The van der Waals surface area contributed by atoms with Crippen molar-refractivity contribution >= 4 is 28.5 Å².